The molecule has 1 aromatic heterocycles. The number of hydrogen-bond acceptors (Lipinski definition) is 4. The Bertz CT molecular complexity index is 1120. The van der Waals surface area contributed by atoms with Crippen LogP contribution in [0.2, 0.25) is 0 Å². The summed E-state index contributed by atoms with van der Waals surface area (Å²) < 4.78 is 28.0. The quantitative estimate of drug-likeness (QED) is 0.738. The lowest BCUT2D eigenvalue weighted by molar-refractivity contribution is -0.0482. The number of aromatic nitrogens is 1. The van der Waals surface area contributed by atoms with E-state index in [0.29, 0.717) is 30.4 Å². The van der Waals surface area contributed by atoms with E-state index in [1.807, 2.05) is 24.3 Å². The Hall–Kier alpha value is -2.15. The number of hydrogen-bond donors (Lipinski definition) is 1. The standard InChI is InChI=1S/C22H24N2O3S/c1-23-16-11-12-17(23)14-22(25,13-16)20-15-24(21-10-6-5-9-19(20)21)28(26,27)18-7-3-2-4-8-18/h2-10,15-17,25H,11-14H2,1H3/t16-,17+,22?. The van der Waals surface area contributed by atoms with Gasteiger partial charge in [-0.15, -0.1) is 0 Å². The summed E-state index contributed by atoms with van der Waals surface area (Å²) in [6.07, 6.45) is 5.10. The van der Waals surface area contributed by atoms with Gasteiger partial charge in [-0.2, -0.15) is 0 Å². The lowest BCUT2D eigenvalue weighted by Gasteiger charge is -2.42. The van der Waals surface area contributed by atoms with Crippen molar-refractivity contribution in [3.05, 3.63) is 66.4 Å². The molecular weight excluding hydrogens is 372 g/mol. The Balaban J connectivity index is 1.69. The fraction of sp³-hybridized carbons (Fsp3) is 0.364. The molecule has 2 aliphatic heterocycles. The number of fused-ring (bicyclic) bond motifs is 3. The van der Waals surface area contributed by atoms with Crippen molar-refractivity contribution in [1.29, 1.82) is 0 Å². The minimum absolute atomic E-state index is 0.248. The molecule has 3 aromatic rings. The van der Waals surface area contributed by atoms with Crippen LogP contribution >= 0.6 is 0 Å². The molecule has 0 saturated carbocycles. The van der Waals surface area contributed by atoms with Gasteiger partial charge in [-0.1, -0.05) is 36.4 Å². The van der Waals surface area contributed by atoms with Crippen LogP contribution < -0.4 is 0 Å². The van der Waals surface area contributed by atoms with Crippen molar-refractivity contribution >= 4 is 20.9 Å². The molecule has 2 bridgehead atoms. The molecule has 2 saturated heterocycles. The van der Waals surface area contributed by atoms with Crippen LogP contribution in [0.5, 0.6) is 0 Å². The van der Waals surface area contributed by atoms with Gasteiger partial charge < -0.3 is 10.0 Å². The first-order valence-corrected chi connectivity index (χ1v) is 11.2. The monoisotopic (exact) mass is 396 g/mol. The smallest absolute Gasteiger partial charge is 0.268 e. The highest BCUT2D eigenvalue weighted by Gasteiger charge is 2.48. The summed E-state index contributed by atoms with van der Waals surface area (Å²) in [4.78, 5) is 2.62. The van der Waals surface area contributed by atoms with E-state index in [9.17, 15) is 13.5 Å². The normalized spacial score (nSPS) is 28.1. The molecule has 0 spiro atoms. The van der Waals surface area contributed by atoms with Gasteiger partial charge in [0.05, 0.1) is 16.0 Å². The predicted molar refractivity (Wildman–Crippen MR) is 109 cm³/mol. The molecule has 5 nitrogen and oxygen atoms in total. The summed E-state index contributed by atoms with van der Waals surface area (Å²) in [5, 5.41) is 12.5. The van der Waals surface area contributed by atoms with Crippen LogP contribution in [0.15, 0.2) is 65.7 Å². The van der Waals surface area contributed by atoms with Crippen molar-refractivity contribution in [2.24, 2.45) is 0 Å². The van der Waals surface area contributed by atoms with Gasteiger partial charge in [0, 0.05) is 29.2 Å². The van der Waals surface area contributed by atoms with Crippen molar-refractivity contribution in [3.8, 4) is 0 Å². The van der Waals surface area contributed by atoms with Gasteiger partial charge in [0.2, 0.25) is 0 Å². The average Bonchev–Trinajstić information content (AvgIpc) is 3.19. The minimum atomic E-state index is -3.74. The van der Waals surface area contributed by atoms with Crippen LogP contribution in [0.25, 0.3) is 10.9 Å². The first kappa shape index (κ1) is 17.9. The lowest BCUT2D eigenvalue weighted by atomic mass is 9.80. The molecule has 3 atom stereocenters. The largest absolute Gasteiger partial charge is 0.385 e. The topological polar surface area (TPSA) is 62.5 Å². The second-order valence-corrected chi connectivity index (χ2v) is 9.98. The van der Waals surface area contributed by atoms with Gasteiger partial charge in [0.1, 0.15) is 0 Å². The molecule has 6 heteroatoms. The van der Waals surface area contributed by atoms with Crippen LogP contribution in [0, 0.1) is 0 Å². The van der Waals surface area contributed by atoms with Crippen molar-refractivity contribution in [1.82, 2.24) is 8.87 Å². The average molecular weight is 397 g/mol. The predicted octanol–water partition coefficient (Wildman–Crippen LogP) is 3.32. The molecule has 1 unspecified atom stereocenters. The first-order valence-electron chi connectivity index (χ1n) is 9.76. The van der Waals surface area contributed by atoms with Gasteiger partial charge in [0.15, 0.2) is 0 Å². The van der Waals surface area contributed by atoms with Gasteiger partial charge >= 0.3 is 0 Å². The first-order chi connectivity index (χ1) is 13.4. The Kier molecular flexibility index (Phi) is 3.95. The van der Waals surface area contributed by atoms with Crippen LogP contribution in [-0.4, -0.2) is 41.5 Å². The minimum Gasteiger partial charge on any atom is -0.385 e. The maximum Gasteiger partial charge on any atom is 0.268 e. The zero-order valence-corrected chi connectivity index (χ0v) is 16.6. The number of benzene rings is 2. The van der Waals surface area contributed by atoms with E-state index in [2.05, 4.69) is 11.9 Å². The zero-order valence-electron chi connectivity index (χ0n) is 15.8. The lowest BCUT2D eigenvalue weighted by Crippen LogP contribution is -2.47. The fourth-order valence-electron chi connectivity index (χ4n) is 5.09. The number of aliphatic hydroxyl groups is 1. The van der Waals surface area contributed by atoms with E-state index in [4.69, 9.17) is 0 Å². The van der Waals surface area contributed by atoms with Crippen molar-refractivity contribution in [3.63, 3.8) is 0 Å². The third-order valence-electron chi connectivity index (χ3n) is 6.61. The molecule has 0 radical (unpaired) electrons. The van der Waals surface area contributed by atoms with E-state index in [1.165, 1.54) is 3.97 Å². The Morgan fingerprint density at radius 3 is 2.25 bits per heavy atom. The third-order valence-corrected chi connectivity index (χ3v) is 8.30. The molecule has 2 aliphatic rings. The van der Waals surface area contributed by atoms with Crippen LogP contribution in [0.1, 0.15) is 31.2 Å². The van der Waals surface area contributed by atoms with Crippen LogP contribution in [0.3, 0.4) is 0 Å². The number of nitrogens with zero attached hydrogens (tertiary/aromatic N) is 2. The SMILES string of the molecule is CN1[C@@H]2CC[C@H]1CC(O)(c1cn(S(=O)(=O)c3ccccc3)c3ccccc13)C2. The highest BCUT2D eigenvalue weighted by molar-refractivity contribution is 7.90. The molecule has 5 rings (SSSR count). The summed E-state index contributed by atoms with van der Waals surface area (Å²) >= 11 is 0. The molecule has 146 valence electrons. The van der Waals surface area contributed by atoms with E-state index in [-0.39, 0.29) is 4.90 Å². The van der Waals surface area contributed by atoms with Gasteiger partial charge in [-0.05, 0) is 50.9 Å². The summed E-state index contributed by atoms with van der Waals surface area (Å²) in [6.45, 7) is 0. The molecule has 0 amide bonds. The summed E-state index contributed by atoms with van der Waals surface area (Å²) in [5.74, 6) is 0. The molecule has 3 heterocycles. The van der Waals surface area contributed by atoms with Gasteiger partial charge in [0.25, 0.3) is 10.0 Å². The second-order valence-electron chi connectivity index (χ2n) is 8.16. The molecule has 0 aliphatic carbocycles. The van der Waals surface area contributed by atoms with Crippen molar-refractivity contribution in [2.75, 3.05) is 7.05 Å². The highest BCUT2D eigenvalue weighted by Crippen LogP contribution is 2.47. The summed E-state index contributed by atoms with van der Waals surface area (Å²) in [7, 11) is -1.61. The maximum absolute atomic E-state index is 13.3. The molecule has 2 fully saturated rings. The number of piperidine rings is 1. The Morgan fingerprint density at radius 2 is 1.57 bits per heavy atom. The summed E-state index contributed by atoms with van der Waals surface area (Å²) in [6, 6.07) is 16.6. The van der Waals surface area contributed by atoms with Gasteiger partial charge in [-0.25, -0.2) is 12.4 Å². The zero-order chi connectivity index (χ0) is 19.5. The number of rotatable bonds is 3. The Labute approximate surface area is 165 Å². The van der Waals surface area contributed by atoms with Crippen LogP contribution in [-0.2, 0) is 15.6 Å². The summed E-state index contributed by atoms with van der Waals surface area (Å²) in [5.41, 5.74) is 0.337. The van der Waals surface area contributed by atoms with Crippen molar-refractivity contribution in [2.45, 2.75) is 48.3 Å². The van der Waals surface area contributed by atoms with Gasteiger partial charge in [-0.3, -0.25) is 0 Å². The fourth-order valence-corrected chi connectivity index (χ4v) is 6.48. The highest BCUT2D eigenvalue weighted by atomic mass is 32.2. The molecular formula is C22H24N2O3S. The van der Waals surface area contributed by atoms with E-state index < -0.39 is 15.6 Å². The molecule has 2 aromatic carbocycles. The van der Waals surface area contributed by atoms with E-state index >= 15 is 0 Å². The van der Waals surface area contributed by atoms with Crippen LogP contribution in [0.4, 0.5) is 0 Å². The maximum atomic E-state index is 13.3. The number of para-hydroxylation sites is 1. The third kappa shape index (κ3) is 2.55. The van der Waals surface area contributed by atoms with E-state index in [1.54, 1.807) is 36.5 Å². The van der Waals surface area contributed by atoms with E-state index in [0.717, 1.165) is 23.8 Å². The van der Waals surface area contributed by atoms with Crippen molar-refractivity contribution < 1.29 is 13.5 Å². The second kappa shape index (κ2) is 6.17. The Morgan fingerprint density at radius 1 is 0.964 bits per heavy atom. The molecule has 1 N–H and O–H groups in total. The molecule has 28 heavy (non-hydrogen) atoms.